The minimum atomic E-state index is -0.0756. The summed E-state index contributed by atoms with van der Waals surface area (Å²) in [5.74, 6) is 0.153. The van der Waals surface area contributed by atoms with E-state index in [1.807, 2.05) is 19.1 Å². The highest BCUT2D eigenvalue weighted by Gasteiger charge is 2.30. The monoisotopic (exact) mass is 259 g/mol. The van der Waals surface area contributed by atoms with Crippen molar-refractivity contribution in [3.05, 3.63) is 29.3 Å². The van der Waals surface area contributed by atoms with Crippen molar-refractivity contribution in [1.82, 2.24) is 10.2 Å². The van der Waals surface area contributed by atoms with E-state index in [2.05, 4.69) is 16.3 Å². The van der Waals surface area contributed by atoms with Crippen LogP contribution in [-0.2, 0) is 17.8 Å². The predicted octanol–water partition coefficient (Wildman–Crippen LogP) is 1.29. The molecule has 3 rings (SSSR count). The zero-order valence-electron chi connectivity index (χ0n) is 11.4. The van der Waals surface area contributed by atoms with Crippen molar-refractivity contribution in [2.24, 2.45) is 0 Å². The van der Waals surface area contributed by atoms with Crippen LogP contribution in [0.5, 0.6) is 0 Å². The zero-order valence-corrected chi connectivity index (χ0v) is 11.4. The largest absolute Gasteiger partial charge is 0.398 e. The van der Waals surface area contributed by atoms with E-state index in [1.54, 1.807) is 0 Å². The Morgan fingerprint density at radius 2 is 2.26 bits per heavy atom. The fourth-order valence-corrected chi connectivity index (χ4v) is 2.67. The Morgan fingerprint density at radius 3 is 3.00 bits per heavy atom. The van der Waals surface area contributed by atoms with Crippen LogP contribution in [0.2, 0.25) is 0 Å². The maximum Gasteiger partial charge on any atom is 0.237 e. The highest BCUT2D eigenvalue weighted by atomic mass is 16.2. The summed E-state index contributed by atoms with van der Waals surface area (Å²) >= 11 is 0. The van der Waals surface area contributed by atoms with E-state index in [9.17, 15) is 4.79 Å². The number of carbonyl (C=O) groups is 1. The van der Waals surface area contributed by atoms with Gasteiger partial charge in [0.15, 0.2) is 0 Å². The average Bonchev–Trinajstić information content (AvgIpc) is 3.22. The summed E-state index contributed by atoms with van der Waals surface area (Å²) in [6, 6.07) is 6.44. The lowest BCUT2D eigenvalue weighted by Gasteiger charge is -2.33. The molecular weight excluding hydrogens is 238 g/mol. The zero-order chi connectivity index (χ0) is 13.4. The molecular formula is C15H21N3O. The number of benzene rings is 1. The fourth-order valence-electron chi connectivity index (χ4n) is 2.67. The molecule has 1 atom stereocenters. The SMILES string of the molecule is CC(C(=O)NC1CC1)N1CCc2cccc(N)c2C1. The number of nitrogens with one attached hydrogen (secondary N) is 1. The first-order valence-corrected chi connectivity index (χ1v) is 7.06. The molecule has 3 N–H and O–H groups in total. The third kappa shape index (κ3) is 2.59. The van der Waals surface area contributed by atoms with Gasteiger partial charge >= 0.3 is 0 Å². The van der Waals surface area contributed by atoms with Gasteiger partial charge in [-0.3, -0.25) is 9.69 Å². The van der Waals surface area contributed by atoms with E-state index in [-0.39, 0.29) is 11.9 Å². The van der Waals surface area contributed by atoms with Crippen LogP contribution in [-0.4, -0.2) is 29.4 Å². The summed E-state index contributed by atoms with van der Waals surface area (Å²) in [5.41, 5.74) is 9.41. The number of fused-ring (bicyclic) bond motifs is 1. The van der Waals surface area contributed by atoms with Crippen LogP contribution in [0.15, 0.2) is 18.2 Å². The van der Waals surface area contributed by atoms with Crippen LogP contribution in [0, 0.1) is 0 Å². The molecule has 102 valence electrons. The van der Waals surface area contributed by atoms with Gasteiger partial charge in [0.25, 0.3) is 0 Å². The van der Waals surface area contributed by atoms with Crippen molar-refractivity contribution in [2.75, 3.05) is 12.3 Å². The standard InChI is InChI=1S/C15H21N3O/c1-10(15(19)17-12-5-6-12)18-8-7-11-3-2-4-14(16)13(11)9-18/h2-4,10,12H,5-9,16H2,1H3,(H,17,19). The van der Waals surface area contributed by atoms with Crippen molar-refractivity contribution in [3.8, 4) is 0 Å². The molecule has 4 nitrogen and oxygen atoms in total. The van der Waals surface area contributed by atoms with Crippen molar-refractivity contribution < 1.29 is 4.79 Å². The van der Waals surface area contributed by atoms with E-state index in [0.29, 0.717) is 6.04 Å². The Kier molecular flexibility index (Phi) is 3.19. The summed E-state index contributed by atoms with van der Waals surface area (Å²) in [4.78, 5) is 14.3. The molecule has 2 aliphatic rings. The first-order valence-electron chi connectivity index (χ1n) is 7.06. The van der Waals surface area contributed by atoms with Gasteiger partial charge < -0.3 is 11.1 Å². The quantitative estimate of drug-likeness (QED) is 0.804. The molecule has 19 heavy (non-hydrogen) atoms. The lowest BCUT2D eigenvalue weighted by atomic mass is 9.97. The number of hydrogen-bond donors (Lipinski definition) is 2. The Morgan fingerprint density at radius 1 is 1.47 bits per heavy atom. The van der Waals surface area contributed by atoms with Crippen molar-refractivity contribution in [3.63, 3.8) is 0 Å². The summed E-state index contributed by atoms with van der Waals surface area (Å²) in [6.45, 7) is 3.69. The molecule has 0 aromatic heterocycles. The Labute approximate surface area is 114 Å². The van der Waals surface area contributed by atoms with Crippen molar-refractivity contribution >= 4 is 11.6 Å². The van der Waals surface area contributed by atoms with E-state index >= 15 is 0 Å². The maximum absolute atomic E-state index is 12.1. The molecule has 1 aromatic carbocycles. The number of amides is 1. The molecule has 1 saturated carbocycles. The number of nitrogen functional groups attached to an aromatic ring is 1. The topological polar surface area (TPSA) is 58.4 Å². The first-order chi connectivity index (χ1) is 9.15. The van der Waals surface area contributed by atoms with Gasteiger partial charge in [0.2, 0.25) is 5.91 Å². The number of rotatable bonds is 3. The van der Waals surface area contributed by atoms with Crippen LogP contribution >= 0.6 is 0 Å². The third-order valence-electron chi connectivity index (χ3n) is 4.19. The minimum Gasteiger partial charge on any atom is -0.398 e. The Hall–Kier alpha value is -1.55. The van der Waals surface area contributed by atoms with Crippen LogP contribution in [0.3, 0.4) is 0 Å². The second kappa shape index (κ2) is 4.85. The van der Waals surface area contributed by atoms with Crippen molar-refractivity contribution in [2.45, 2.75) is 44.8 Å². The number of nitrogens with zero attached hydrogens (tertiary/aromatic N) is 1. The maximum atomic E-state index is 12.1. The molecule has 0 radical (unpaired) electrons. The first kappa shape index (κ1) is 12.5. The molecule has 0 saturated heterocycles. The van der Waals surface area contributed by atoms with Crippen LogP contribution < -0.4 is 11.1 Å². The molecule has 1 amide bonds. The number of carbonyl (C=O) groups excluding carboxylic acids is 1. The molecule has 1 heterocycles. The Balaban J connectivity index is 1.70. The lowest BCUT2D eigenvalue weighted by Crippen LogP contribution is -2.47. The molecule has 0 spiro atoms. The number of hydrogen-bond acceptors (Lipinski definition) is 3. The number of anilines is 1. The van der Waals surface area contributed by atoms with Gasteiger partial charge in [-0.15, -0.1) is 0 Å². The molecule has 1 fully saturated rings. The van der Waals surface area contributed by atoms with E-state index in [1.165, 1.54) is 11.1 Å². The van der Waals surface area contributed by atoms with Gasteiger partial charge in [-0.25, -0.2) is 0 Å². The van der Waals surface area contributed by atoms with Crippen LogP contribution in [0.1, 0.15) is 30.9 Å². The van der Waals surface area contributed by atoms with Gasteiger partial charge in [-0.05, 0) is 43.4 Å². The predicted molar refractivity (Wildman–Crippen MR) is 75.6 cm³/mol. The summed E-state index contributed by atoms with van der Waals surface area (Å²) in [5, 5.41) is 3.08. The van der Waals surface area contributed by atoms with E-state index in [0.717, 1.165) is 38.0 Å². The van der Waals surface area contributed by atoms with Gasteiger partial charge in [0.1, 0.15) is 0 Å². The second-order valence-electron chi connectivity index (χ2n) is 5.66. The average molecular weight is 259 g/mol. The molecule has 0 bridgehead atoms. The number of nitrogens with two attached hydrogens (primary N) is 1. The molecule has 1 aliphatic heterocycles. The van der Waals surface area contributed by atoms with Crippen LogP contribution in [0.4, 0.5) is 5.69 Å². The lowest BCUT2D eigenvalue weighted by molar-refractivity contribution is -0.126. The van der Waals surface area contributed by atoms with Gasteiger partial charge in [-0.2, -0.15) is 0 Å². The van der Waals surface area contributed by atoms with Crippen LogP contribution in [0.25, 0.3) is 0 Å². The summed E-state index contributed by atoms with van der Waals surface area (Å²) in [7, 11) is 0. The van der Waals surface area contributed by atoms with E-state index < -0.39 is 0 Å². The third-order valence-corrected chi connectivity index (χ3v) is 4.19. The fraction of sp³-hybridized carbons (Fsp3) is 0.533. The highest BCUT2D eigenvalue weighted by molar-refractivity contribution is 5.82. The molecule has 1 unspecified atom stereocenters. The van der Waals surface area contributed by atoms with E-state index in [4.69, 9.17) is 5.73 Å². The summed E-state index contributed by atoms with van der Waals surface area (Å²) < 4.78 is 0. The Bertz CT molecular complexity index is 496. The highest BCUT2D eigenvalue weighted by Crippen LogP contribution is 2.26. The second-order valence-corrected chi connectivity index (χ2v) is 5.66. The molecule has 1 aliphatic carbocycles. The molecule has 4 heteroatoms. The van der Waals surface area contributed by atoms with Gasteiger partial charge in [0, 0.05) is 24.8 Å². The van der Waals surface area contributed by atoms with Gasteiger partial charge in [0.05, 0.1) is 6.04 Å². The summed E-state index contributed by atoms with van der Waals surface area (Å²) in [6.07, 6.45) is 3.24. The minimum absolute atomic E-state index is 0.0756. The van der Waals surface area contributed by atoms with Crippen molar-refractivity contribution in [1.29, 1.82) is 0 Å². The smallest absolute Gasteiger partial charge is 0.237 e. The molecule has 1 aromatic rings. The normalized spacial score (nSPS) is 20.7. The van der Waals surface area contributed by atoms with Gasteiger partial charge in [-0.1, -0.05) is 12.1 Å².